The molecule has 0 saturated heterocycles. The fraction of sp³-hybridized carbons (Fsp3) is 0.310. The van der Waals surface area contributed by atoms with Crippen molar-refractivity contribution in [1.29, 1.82) is 0 Å². The first-order valence-corrected chi connectivity index (χ1v) is 14.4. The van der Waals surface area contributed by atoms with Crippen LogP contribution in [0.1, 0.15) is 37.0 Å². The summed E-state index contributed by atoms with van der Waals surface area (Å²) in [7, 11) is -4.13. The summed E-state index contributed by atoms with van der Waals surface area (Å²) in [4.78, 5) is 28.5. The molecule has 0 heterocycles. The molecule has 3 aromatic carbocycles. The number of amides is 2. The van der Waals surface area contributed by atoms with E-state index in [0.717, 1.165) is 21.0 Å². The Morgan fingerprint density at radius 2 is 1.63 bits per heavy atom. The lowest BCUT2D eigenvalue weighted by atomic mass is 10.1. The molecule has 0 aliphatic rings. The smallest absolute Gasteiger partial charge is 0.264 e. The van der Waals surface area contributed by atoms with E-state index in [0.29, 0.717) is 18.0 Å². The SMILES string of the molecule is CCNC(=O)[C@H](CC)N(Cc1ccccc1C)C(=O)CN(c1cccc(Cl)c1)S(=O)(=O)c1ccc(C)cc1. The predicted octanol–water partition coefficient (Wildman–Crippen LogP) is 5.10. The monoisotopic (exact) mass is 555 g/mol. The van der Waals surface area contributed by atoms with Gasteiger partial charge in [-0.05, 0) is 68.7 Å². The standard InChI is InChI=1S/C29H34ClN3O4S/c1-5-27(29(35)31-6-2)32(19-23-11-8-7-10-22(23)4)28(34)20-33(25-13-9-12-24(30)18-25)38(36,37)26-16-14-21(3)15-17-26/h7-18,27H,5-6,19-20H2,1-4H3,(H,31,35)/t27-/m0/s1. The van der Waals surface area contributed by atoms with E-state index in [1.807, 2.05) is 52.0 Å². The number of sulfonamides is 1. The summed E-state index contributed by atoms with van der Waals surface area (Å²) < 4.78 is 28.7. The zero-order valence-electron chi connectivity index (χ0n) is 22.1. The highest BCUT2D eigenvalue weighted by molar-refractivity contribution is 7.92. The Morgan fingerprint density at radius 3 is 2.24 bits per heavy atom. The Balaban J connectivity index is 2.07. The largest absolute Gasteiger partial charge is 0.355 e. The summed E-state index contributed by atoms with van der Waals surface area (Å²) in [6, 6.07) is 19.7. The molecule has 1 atom stereocenters. The van der Waals surface area contributed by atoms with E-state index in [4.69, 9.17) is 11.6 Å². The Hall–Kier alpha value is -3.36. The number of likely N-dealkylation sites (N-methyl/N-ethyl adjacent to an activating group) is 1. The van der Waals surface area contributed by atoms with Crippen LogP contribution in [-0.4, -0.2) is 44.3 Å². The van der Waals surface area contributed by atoms with Crippen molar-refractivity contribution < 1.29 is 18.0 Å². The van der Waals surface area contributed by atoms with Gasteiger partial charge in [0.15, 0.2) is 0 Å². The highest BCUT2D eigenvalue weighted by Gasteiger charge is 2.33. The van der Waals surface area contributed by atoms with Crippen LogP contribution in [0.25, 0.3) is 0 Å². The van der Waals surface area contributed by atoms with Crippen LogP contribution in [0.5, 0.6) is 0 Å². The number of carbonyl (C=O) groups excluding carboxylic acids is 2. The van der Waals surface area contributed by atoms with Gasteiger partial charge in [0.25, 0.3) is 10.0 Å². The first-order valence-electron chi connectivity index (χ1n) is 12.5. The van der Waals surface area contributed by atoms with Gasteiger partial charge in [-0.3, -0.25) is 13.9 Å². The fourth-order valence-electron chi connectivity index (χ4n) is 4.18. The molecule has 0 aromatic heterocycles. The molecule has 2 amide bonds. The van der Waals surface area contributed by atoms with Gasteiger partial charge in [-0.1, -0.05) is 66.6 Å². The number of aryl methyl sites for hydroxylation is 2. The molecule has 202 valence electrons. The Morgan fingerprint density at radius 1 is 0.947 bits per heavy atom. The number of nitrogens with one attached hydrogen (secondary N) is 1. The second-order valence-electron chi connectivity index (χ2n) is 9.07. The maximum Gasteiger partial charge on any atom is 0.264 e. The van der Waals surface area contributed by atoms with Gasteiger partial charge < -0.3 is 10.2 Å². The Bertz CT molecular complexity index is 1380. The van der Waals surface area contributed by atoms with Gasteiger partial charge in [-0.15, -0.1) is 0 Å². The normalized spacial score (nSPS) is 12.0. The van der Waals surface area contributed by atoms with Crippen LogP contribution in [0, 0.1) is 13.8 Å². The molecule has 0 radical (unpaired) electrons. The number of hydrogen-bond acceptors (Lipinski definition) is 4. The molecule has 0 saturated carbocycles. The number of nitrogens with zero attached hydrogens (tertiary/aromatic N) is 2. The fourth-order valence-corrected chi connectivity index (χ4v) is 5.77. The molecular formula is C29H34ClN3O4S. The van der Waals surface area contributed by atoms with Crippen molar-refractivity contribution in [2.45, 2.75) is 51.6 Å². The quantitative estimate of drug-likeness (QED) is 0.357. The van der Waals surface area contributed by atoms with Gasteiger partial charge in [-0.2, -0.15) is 0 Å². The minimum atomic E-state index is -4.13. The summed E-state index contributed by atoms with van der Waals surface area (Å²) in [5, 5.41) is 3.14. The van der Waals surface area contributed by atoms with Crippen LogP contribution in [-0.2, 0) is 26.2 Å². The average molecular weight is 556 g/mol. The highest BCUT2D eigenvalue weighted by Crippen LogP contribution is 2.27. The third kappa shape index (κ3) is 6.94. The molecule has 9 heteroatoms. The minimum Gasteiger partial charge on any atom is -0.355 e. The first kappa shape index (κ1) is 29.2. The van der Waals surface area contributed by atoms with Gasteiger partial charge in [0, 0.05) is 18.1 Å². The number of anilines is 1. The van der Waals surface area contributed by atoms with Gasteiger partial charge >= 0.3 is 0 Å². The molecule has 3 rings (SSSR count). The number of hydrogen-bond donors (Lipinski definition) is 1. The third-order valence-corrected chi connectivity index (χ3v) is 8.35. The van der Waals surface area contributed by atoms with Crippen molar-refractivity contribution in [2.24, 2.45) is 0 Å². The van der Waals surface area contributed by atoms with Crippen LogP contribution in [0.15, 0.2) is 77.7 Å². The van der Waals surface area contributed by atoms with E-state index in [2.05, 4.69) is 5.32 Å². The Labute approximate surface area is 230 Å². The van der Waals surface area contributed by atoms with Crippen molar-refractivity contribution >= 4 is 39.1 Å². The maximum absolute atomic E-state index is 14.0. The summed E-state index contributed by atoms with van der Waals surface area (Å²) in [5.74, 6) is -0.783. The second-order valence-corrected chi connectivity index (χ2v) is 11.4. The molecular weight excluding hydrogens is 522 g/mol. The summed E-state index contributed by atoms with van der Waals surface area (Å²) in [5.41, 5.74) is 3.01. The lowest BCUT2D eigenvalue weighted by Gasteiger charge is -2.33. The zero-order chi connectivity index (χ0) is 27.9. The average Bonchev–Trinajstić information content (AvgIpc) is 2.88. The van der Waals surface area contributed by atoms with Crippen molar-refractivity contribution in [3.63, 3.8) is 0 Å². The molecule has 0 bridgehead atoms. The van der Waals surface area contributed by atoms with Gasteiger partial charge in [-0.25, -0.2) is 8.42 Å². The number of halogens is 1. The summed E-state index contributed by atoms with van der Waals surface area (Å²) >= 11 is 6.21. The summed E-state index contributed by atoms with van der Waals surface area (Å²) in [6.45, 7) is 7.52. The van der Waals surface area contributed by atoms with Crippen molar-refractivity contribution in [2.75, 3.05) is 17.4 Å². The predicted molar refractivity (Wildman–Crippen MR) is 152 cm³/mol. The molecule has 38 heavy (non-hydrogen) atoms. The van der Waals surface area contributed by atoms with E-state index in [9.17, 15) is 18.0 Å². The van der Waals surface area contributed by atoms with E-state index >= 15 is 0 Å². The summed E-state index contributed by atoms with van der Waals surface area (Å²) in [6.07, 6.45) is 0.366. The maximum atomic E-state index is 14.0. The van der Waals surface area contributed by atoms with Crippen LogP contribution in [0.3, 0.4) is 0 Å². The van der Waals surface area contributed by atoms with Gasteiger partial charge in [0.2, 0.25) is 11.8 Å². The molecule has 3 aromatic rings. The van der Waals surface area contributed by atoms with Crippen LogP contribution < -0.4 is 9.62 Å². The number of benzene rings is 3. The van der Waals surface area contributed by atoms with Gasteiger partial charge in [0.1, 0.15) is 12.6 Å². The number of carbonyl (C=O) groups is 2. The van der Waals surface area contributed by atoms with E-state index in [1.165, 1.54) is 23.1 Å². The molecule has 7 nitrogen and oxygen atoms in total. The third-order valence-electron chi connectivity index (χ3n) is 6.32. The molecule has 0 unspecified atom stereocenters. The van der Waals surface area contributed by atoms with Crippen LogP contribution in [0.2, 0.25) is 5.02 Å². The molecule has 1 N–H and O–H groups in total. The highest BCUT2D eigenvalue weighted by atomic mass is 35.5. The van der Waals surface area contributed by atoms with Crippen molar-refractivity contribution in [3.8, 4) is 0 Å². The molecule has 0 spiro atoms. The molecule has 0 aliphatic carbocycles. The lowest BCUT2D eigenvalue weighted by Crippen LogP contribution is -2.52. The van der Waals surface area contributed by atoms with Crippen molar-refractivity contribution in [3.05, 3.63) is 94.5 Å². The van der Waals surface area contributed by atoms with E-state index < -0.39 is 28.5 Å². The van der Waals surface area contributed by atoms with E-state index in [-0.39, 0.29) is 23.0 Å². The Kier molecular flexibility index (Phi) is 9.94. The van der Waals surface area contributed by atoms with E-state index in [1.54, 1.807) is 30.3 Å². The van der Waals surface area contributed by atoms with Crippen LogP contribution >= 0.6 is 11.6 Å². The minimum absolute atomic E-state index is 0.0529. The molecule has 0 fully saturated rings. The molecule has 0 aliphatic heterocycles. The van der Waals surface area contributed by atoms with Gasteiger partial charge in [0.05, 0.1) is 10.6 Å². The topological polar surface area (TPSA) is 86.8 Å². The number of rotatable bonds is 11. The van der Waals surface area contributed by atoms with Crippen LogP contribution in [0.4, 0.5) is 5.69 Å². The van der Waals surface area contributed by atoms with Crippen molar-refractivity contribution in [1.82, 2.24) is 10.2 Å². The zero-order valence-corrected chi connectivity index (χ0v) is 23.7. The first-order chi connectivity index (χ1) is 18.1. The second kappa shape index (κ2) is 12.9. The lowest BCUT2D eigenvalue weighted by molar-refractivity contribution is -0.140.